The Labute approximate surface area is 320 Å². The third-order valence-corrected chi connectivity index (χ3v) is 11.0. The molecular weight excluding hydrogens is 745 g/mol. The lowest BCUT2D eigenvalue weighted by molar-refractivity contribution is -0.145. The van der Waals surface area contributed by atoms with Crippen LogP contribution in [0.3, 0.4) is 0 Å². The van der Waals surface area contributed by atoms with Crippen molar-refractivity contribution in [2.75, 3.05) is 46.4 Å². The van der Waals surface area contributed by atoms with Crippen LogP contribution in [0.1, 0.15) is 41.5 Å². The highest BCUT2D eigenvalue weighted by Crippen LogP contribution is 2.50. The van der Waals surface area contributed by atoms with Gasteiger partial charge in [-0.1, -0.05) is 49.2 Å². The quantitative estimate of drug-likeness (QED) is 0.107. The summed E-state index contributed by atoms with van der Waals surface area (Å²) in [5, 5.41) is 14.8. The first-order valence-electron chi connectivity index (χ1n) is 17.7. The Morgan fingerprint density at radius 1 is 1.04 bits per heavy atom. The fourth-order valence-corrected chi connectivity index (χ4v) is 7.56. The second kappa shape index (κ2) is 17.4. The molecule has 1 aliphatic rings. The average Bonchev–Trinajstić information content (AvgIpc) is 3.78. The van der Waals surface area contributed by atoms with Crippen molar-refractivity contribution >= 4 is 39.1 Å². The third kappa shape index (κ3) is 9.08. The number of aliphatic carboxylic acids is 1. The van der Waals surface area contributed by atoms with Crippen LogP contribution in [-0.4, -0.2) is 93.1 Å². The number of carboxylic acids is 1. The summed E-state index contributed by atoms with van der Waals surface area (Å²) >= 11 is 7.18. The Hall–Kier alpha value is -4.44. The van der Waals surface area contributed by atoms with Gasteiger partial charge in [-0.3, -0.25) is 9.58 Å². The molecule has 54 heavy (non-hydrogen) atoms. The molecule has 0 saturated carbocycles. The van der Waals surface area contributed by atoms with Crippen molar-refractivity contribution in [3.8, 4) is 28.5 Å². The van der Waals surface area contributed by atoms with E-state index >= 15 is 0 Å². The van der Waals surface area contributed by atoms with Crippen molar-refractivity contribution in [1.29, 1.82) is 0 Å². The van der Waals surface area contributed by atoms with Crippen molar-refractivity contribution in [2.24, 2.45) is 0 Å². The standard InChI is InChI=1S/C38H42ClF3N6O5S/c1-4-5-14-48-26(12-13-45-48)22-52-28-9-7-6-8-25(28)21-30(37(49)50)53-35-32-31(34(38(40,41)42)54-36(32)44-23-43-35)27-10-11-29(33(39)24(27)2)51-20-19-47-17-15-46(3)16-18-47/h6-13,23,30H,4-5,14-22H2,1-3H3,(H,49,50)/t30-/m1/s1. The molecule has 11 nitrogen and oxygen atoms in total. The second-order valence-electron chi connectivity index (χ2n) is 13.2. The van der Waals surface area contributed by atoms with Crippen molar-refractivity contribution in [1.82, 2.24) is 29.5 Å². The number of rotatable bonds is 16. The number of ether oxygens (including phenoxy) is 3. The van der Waals surface area contributed by atoms with E-state index in [0.29, 0.717) is 47.1 Å². The predicted molar refractivity (Wildman–Crippen MR) is 201 cm³/mol. The summed E-state index contributed by atoms with van der Waals surface area (Å²) < 4.78 is 64.1. The highest BCUT2D eigenvalue weighted by Gasteiger charge is 2.39. The van der Waals surface area contributed by atoms with Gasteiger partial charge in [-0.25, -0.2) is 14.8 Å². The zero-order chi connectivity index (χ0) is 38.4. The maximum atomic E-state index is 14.7. The van der Waals surface area contributed by atoms with E-state index in [1.54, 1.807) is 43.5 Å². The minimum Gasteiger partial charge on any atom is -0.491 e. The second-order valence-corrected chi connectivity index (χ2v) is 14.5. The number of hydrogen-bond donors (Lipinski definition) is 1. The zero-order valence-corrected chi connectivity index (χ0v) is 31.8. The molecule has 1 saturated heterocycles. The number of aryl methyl sites for hydroxylation is 1. The Morgan fingerprint density at radius 2 is 1.81 bits per heavy atom. The molecule has 1 aliphatic heterocycles. The van der Waals surface area contributed by atoms with Gasteiger partial charge in [0.1, 0.15) is 40.7 Å². The van der Waals surface area contributed by atoms with Crippen LogP contribution in [0.4, 0.5) is 13.2 Å². The highest BCUT2D eigenvalue weighted by molar-refractivity contribution is 7.19. The first-order valence-corrected chi connectivity index (χ1v) is 18.9. The molecule has 16 heteroatoms. The zero-order valence-electron chi connectivity index (χ0n) is 30.2. The minimum absolute atomic E-state index is 0.0158. The van der Waals surface area contributed by atoms with Crippen LogP contribution in [-0.2, 0) is 30.5 Å². The van der Waals surface area contributed by atoms with Crippen molar-refractivity contribution in [2.45, 2.75) is 58.5 Å². The largest absolute Gasteiger partial charge is 0.491 e. The number of thiophene rings is 1. The first-order chi connectivity index (χ1) is 25.9. The summed E-state index contributed by atoms with van der Waals surface area (Å²) in [5.74, 6) is -0.838. The van der Waals surface area contributed by atoms with Crippen LogP contribution in [0.25, 0.3) is 21.3 Å². The highest BCUT2D eigenvalue weighted by atomic mass is 35.5. The molecule has 1 atom stereocenters. The van der Waals surface area contributed by atoms with Gasteiger partial charge in [-0.05, 0) is 55.3 Å². The summed E-state index contributed by atoms with van der Waals surface area (Å²) in [5.41, 5.74) is 1.68. The summed E-state index contributed by atoms with van der Waals surface area (Å²) in [7, 11) is 2.08. The Balaban J connectivity index is 1.28. The molecule has 3 aromatic heterocycles. The lowest BCUT2D eigenvalue weighted by Crippen LogP contribution is -2.45. The van der Waals surface area contributed by atoms with Crippen LogP contribution in [0.2, 0.25) is 5.02 Å². The molecule has 0 bridgehead atoms. The number of likely N-dealkylation sites (N-methyl/N-ethyl adjacent to an activating group) is 1. The number of hydrogen-bond acceptors (Lipinski definition) is 10. The molecule has 2 aromatic carbocycles. The fourth-order valence-electron chi connectivity index (χ4n) is 6.32. The molecule has 6 rings (SSSR count). The maximum Gasteiger partial charge on any atom is 0.426 e. The molecule has 0 amide bonds. The number of unbranched alkanes of at least 4 members (excludes halogenated alkanes) is 1. The van der Waals surface area contributed by atoms with E-state index in [9.17, 15) is 23.1 Å². The van der Waals surface area contributed by atoms with E-state index in [-0.39, 0.29) is 45.3 Å². The van der Waals surface area contributed by atoms with Crippen LogP contribution >= 0.6 is 22.9 Å². The molecule has 1 fully saturated rings. The van der Waals surface area contributed by atoms with Crippen LogP contribution in [0.5, 0.6) is 17.4 Å². The topological polar surface area (TPSA) is 115 Å². The molecule has 4 heterocycles. The monoisotopic (exact) mass is 786 g/mol. The summed E-state index contributed by atoms with van der Waals surface area (Å²) in [6.45, 7) is 9.45. The first kappa shape index (κ1) is 39.3. The van der Waals surface area contributed by atoms with E-state index in [1.807, 2.05) is 10.7 Å². The lowest BCUT2D eigenvalue weighted by atomic mass is 9.98. The van der Waals surface area contributed by atoms with E-state index < -0.39 is 23.1 Å². The molecular formula is C38H42ClF3N6O5S. The van der Waals surface area contributed by atoms with Crippen molar-refractivity contribution < 1.29 is 37.3 Å². The molecule has 5 aromatic rings. The number of nitrogens with zero attached hydrogens (tertiary/aromatic N) is 6. The van der Waals surface area contributed by atoms with Gasteiger partial charge in [0.25, 0.3) is 0 Å². The van der Waals surface area contributed by atoms with Crippen LogP contribution in [0, 0.1) is 6.92 Å². The number of alkyl halides is 3. The van der Waals surface area contributed by atoms with Gasteiger partial charge in [-0.2, -0.15) is 18.3 Å². The van der Waals surface area contributed by atoms with Gasteiger partial charge in [0.05, 0.1) is 16.1 Å². The maximum absolute atomic E-state index is 14.7. The number of benzene rings is 2. The summed E-state index contributed by atoms with van der Waals surface area (Å²) in [6.07, 6.45) is -1.74. The molecule has 0 aliphatic carbocycles. The van der Waals surface area contributed by atoms with Crippen molar-refractivity contribution in [3.05, 3.63) is 81.7 Å². The molecule has 1 N–H and O–H groups in total. The van der Waals surface area contributed by atoms with Gasteiger partial charge in [0, 0.05) is 57.4 Å². The van der Waals surface area contributed by atoms with Gasteiger partial charge in [0.15, 0.2) is 0 Å². The number of carboxylic acid groups (broad SMARTS) is 1. The lowest BCUT2D eigenvalue weighted by Gasteiger charge is -2.32. The summed E-state index contributed by atoms with van der Waals surface area (Å²) in [6, 6.07) is 11.9. The van der Waals surface area contributed by atoms with Crippen LogP contribution < -0.4 is 14.2 Å². The Morgan fingerprint density at radius 3 is 2.56 bits per heavy atom. The number of carbonyl (C=O) groups is 1. The number of halogens is 4. The molecule has 288 valence electrons. The van der Waals surface area contributed by atoms with Gasteiger partial charge < -0.3 is 24.2 Å². The van der Waals surface area contributed by atoms with E-state index in [4.69, 9.17) is 25.8 Å². The smallest absolute Gasteiger partial charge is 0.426 e. The van der Waals surface area contributed by atoms with E-state index in [0.717, 1.165) is 57.6 Å². The summed E-state index contributed by atoms with van der Waals surface area (Å²) in [4.78, 5) is 24.6. The molecule has 0 unspecified atom stereocenters. The van der Waals surface area contributed by atoms with Crippen LogP contribution in [0.15, 0.2) is 55.0 Å². The number of piperazine rings is 1. The van der Waals surface area contributed by atoms with Gasteiger partial charge >= 0.3 is 12.1 Å². The fraction of sp³-hybridized carbons (Fsp3) is 0.421. The van der Waals surface area contributed by atoms with Crippen molar-refractivity contribution in [3.63, 3.8) is 0 Å². The number of aromatic nitrogens is 4. The van der Waals surface area contributed by atoms with Gasteiger partial charge in [-0.15, -0.1) is 11.3 Å². The normalized spacial score (nSPS) is 14.7. The molecule has 0 radical (unpaired) electrons. The average molecular weight is 787 g/mol. The number of fused-ring (bicyclic) bond motifs is 1. The van der Waals surface area contributed by atoms with Gasteiger partial charge in [0.2, 0.25) is 12.0 Å². The Kier molecular flexibility index (Phi) is 12.6. The SMILES string of the molecule is CCCCn1nccc1COc1ccccc1C[C@@H](Oc1ncnc2sc(C(F)(F)F)c(-c3ccc(OCCN4CCN(C)CC4)c(Cl)c3C)c12)C(=O)O. The predicted octanol–water partition coefficient (Wildman–Crippen LogP) is 7.62. The third-order valence-electron chi connectivity index (χ3n) is 9.40. The minimum atomic E-state index is -4.77. The Bertz CT molecular complexity index is 2070. The van der Waals surface area contributed by atoms with E-state index in [2.05, 4.69) is 38.8 Å². The van der Waals surface area contributed by atoms with E-state index in [1.165, 1.54) is 6.07 Å². The number of para-hydroxylation sites is 1. The molecule has 0 spiro atoms.